The summed E-state index contributed by atoms with van der Waals surface area (Å²) < 4.78 is 0. The predicted molar refractivity (Wildman–Crippen MR) is 222 cm³/mol. The van der Waals surface area contributed by atoms with Crippen molar-refractivity contribution in [2.75, 3.05) is 0 Å². The van der Waals surface area contributed by atoms with Crippen molar-refractivity contribution in [1.82, 2.24) is 9.97 Å². The SMILES string of the molecule is CC(C)(C)c1cc(-c2cc(-c3cc(C(C)(C)C)cc4c3[nH]c3ccc(C(C)(C)C)cc34)cc(C(C)(C)C)c2)cc(-c2cc3ccccc3cn2)c1. The quantitative estimate of drug-likeness (QED) is 0.199. The van der Waals surface area contributed by atoms with Crippen LogP contribution in [0, 0.1) is 0 Å². The summed E-state index contributed by atoms with van der Waals surface area (Å²) in [6, 6.07) is 36.9. The van der Waals surface area contributed by atoms with Crippen LogP contribution in [0.2, 0.25) is 0 Å². The van der Waals surface area contributed by atoms with Gasteiger partial charge in [0.1, 0.15) is 0 Å². The maximum Gasteiger partial charge on any atom is 0.0708 e. The second-order valence-electron chi connectivity index (χ2n) is 18.8. The van der Waals surface area contributed by atoms with Gasteiger partial charge in [-0.15, -0.1) is 0 Å². The smallest absolute Gasteiger partial charge is 0.0708 e. The lowest BCUT2D eigenvalue weighted by molar-refractivity contribution is 0.589. The van der Waals surface area contributed by atoms with Gasteiger partial charge in [0.25, 0.3) is 0 Å². The predicted octanol–water partition coefficient (Wildman–Crippen LogP) is 14.1. The summed E-state index contributed by atoms with van der Waals surface area (Å²) in [5.41, 5.74) is 14.8. The van der Waals surface area contributed by atoms with Gasteiger partial charge in [-0.3, -0.25) is 4.98 Å². The first kappa shape index (κ1) is 34.7. The van der Waals surface area contributed by atoms with Crippen molar-refractivity contribution in [1.29, 1.82) is 0 Å². The van der Waals surface area contributed by atoms with E-state index in [0.717, 1.165) is 16.6 Å². The Labute approximate surface area is 305 Å². The molecule has 260 valence electrons. The molecule has 0 bridgehead atoms. The van der Waals surface area contributed by atoms with Crippen LogP contribution in [-0.2, 0) is 21.7 Å². The van der Waals surface area contributed by atoms with Crippen molar-refractivity contribution < 1.29 is 0 Å². The van der Waals surface area contributed by atoms with E-state index in [2.05, 4.69) is 185 Å². The second-order valence-corrected chi connectivity index (χ2v) is 18.8. The third kappa shape index (κ3) is 6.74. The number of hydrogen-bond acceptors (Lipinski definition) is 1. The van der Waals surface area contributed by atoms with Gasteiger partial charge >= 0.3 is 0 Å². The van der Waals surface area contributed by atoms with Crippen LogP contribution in [0.1, 0.15) is 105 Å². The third-order valence-electron chi connectivity index (χ3n) is 10.6. The van der Waals surface area contributed by atoms with Crippen molar-refractivity contribution >= 4 is 32.6 Å². The van der Waals surface area contributed by atoms with Crippen molar-refractivity contribution in [2.24, 2.45) is 0 Å². The Kier molecular flexibility index (Phi) is 8.14. The Morgan fingerprint density at radius 3 is 1.55 bits per heavy atom. The lowest BCUT2D eigenvalue weighted by Crippen LogP contribution is -2.13. The fraction of sp³-hybridized carbons (Fsp3) is 0.327. The highest BCUT2D eigenvalue weighted by atomic mass is 14.7. The molecule has 2 aromatic heterocycles. The molecular formula is C49H54N2. The number of nitrogens with zero attached hydrogens (tertiary/aromatic N) is 1. The fourth-order valence-electron chi connectivity index (χ4n) is 7.13. The Hall–Kier alpha value is -4.69. The van der Waals surface area contributed by atoms with Crippen LogP contribution >= 0.6 is 0 Å². The van der Waals surface area contributed by atoms with Crippen molar-refractivity contribution in [3.05, 3.63) is 126 Å². The van der Waals surface area contributed by atoms with E-state index in [1.807, 2.05) is 6.20 Å². The number of pyridine rings is 1. The van der Waals surface area contributed by atoms with Crippen LogP contribution in [0.5, 0.6) is 0 Å². The lowest BCUT2D eigenvalue weighted by atomic mass is 9.80. The van der Waals surface area contributed by atoms with Crippen LogP contribution < -0.4 is 0 Å². The molecular weight excluding hydrogens is 617 g/mol. The van der Waals surface area contributed by atoms with Gasteiger partial charge in [0.05, 0.1) is 11.2 Å². The topological polar surface area (TPSA) is 28.7 Å². The van der Waals surface area contributed by atoms with Crippen molar-refractivity contribution in [2.45, 2.75) is 105 Å². The fourth-order valence-corrected chi connectivity index (χ4v) is 7.13. The van der Waals surface area contributed by atoms with Gasteiger partial charge in [0.2, 0.25) is 0 Å². The summed E-state index contributed by atoms with van der Waals surface area (Å²) in [5, 5.41) is 4.95. The molecule has 1 N–H and O–H groups in total. The molecule has 0 saturated carbocycles. The summed E-state index contributed by atoms with van der Waals surface area (Å²) >= 11 is 0. The molecule has 2 nitrogen and oxygen atoms in total. The van der Waals surface area contributed by atoms with E-state index < -0.39 is 0 Å². The van der Waals surface area contributed by atoms with E-state index in [1.165, 1.54) is 71.7 Å². The molecule has 7 aromatic rings. The summed E-state index contributed by atoms with van der Waals surface area (Å²) in [5.74, 6) is 0. The molecule has 0 spiro atoms. The highest BCUT2D eigenvalue weighted by molar-refractivity contribution is 6.12. The number of rotatable bonds is 3. The van der Waals surface area contributed by atoms with Crippen molar-refractivity contribution in [3.8, 4) is 33.5 Å². The van der Waals surface area contributed by atoms with Crippen LogP contribution in [0.15, 0.2) is 103 Å². The Bertz CT molecular complexity index is 2440. The molecule has 0 aliphatic rings. The molecule has 0 amide bonds. The molecule has 0 radical (unpaired) electrons. The molecule has 5 aromatic carbocycles. The molecule has 51 heavy (non-hydrogen) atoms. The van der Waals surface area contributed by atoms with Gasteiger partial charge < -0.3 is 4.98 Å². The minimum absolute atomic E-state index is 0.0125. The summed E-state index contributed by atoms with van der Waals surface area (Å²) in [6.07, 6.45) is 2.00. The molecule has 2 heteroatoms. The molecule has 0 unspecified atom stereocenters. The van der Waals surface area contributed by atoms with E-state index >= 15 is 0 Å². The van der Waals surface area contributed by atoms with Crippen LogP contribution in [-0.4, -0.2) is 9.97 Å². The highest BCUT2D eigenvalue weighted by Gasteiger charge is 2.24. The summed E-state index contributed by atoms with van der Waals surface area (Å²) in [7, 11) is 0. The minimum Gasteiger partial charge on any atom is -0.354 e. The van der Waals surface area contributed by atoms with Gasteiger partial charge in [-0.25, -0.2) is 0 Å². The second kappa shape index (κ2) is 11.9. The van der Waals surface area contributed by atoms with Crippen LogP contribution in [0.3, 0.4) is 0 Å². The monoisotopic (exact) mass is 670 g/mol. The minimum atomic E-state index is -0.0437. The first-order chi connectivity index (χ1) is 23.8. The van der Waals surface area contributed by atoms with Crippen LogP contribution in [0.25, 0.3) is 66.1 Å². The van der Waals surface area contributed by atoms with E-state index in [1.54, 1.807) is 0 Å². The average molecular weight is 671 g/mol. The highest BCUT2D eigenvalue weighted by Crippen LogP contribution is 2.42. The standard InChI is InChI=1S/C49H54N2/c1-46(2,3)36-17-18-43-41(26-36)42-28-39(49(10,11)12)27-40(45(42)51-43)34-19-32(21-37(23-34)47(4,5)6)33-20-35(24-38(22-33)48(7,8)9)44-25-30-15-13-14-16-31(30)29-50-44/h13-29,51H,1-12H3. The number of aromatic nitrogens is 2. The molecule has 0 aliphatic heterocycles. The zero-order valence-corrected chi connectivity index (χ0v) is 32.8. The van der Waals surface area contributed by atoms with Gasteiger partial charge in [0, 0.05) is 39.0 Å². The molecule has 7 rings (SSSR count). The Morgan fingerprint density at radius 2 is 0.941 bits per heavy atom. The van der Waals surface area contributed by atoms with E-state index in [4.69, 9.17) is 4.98 Å². The van der Waals surface area contributed by atoms with Gasteiger partial charge in [-0.2, -0.15) is 0 Å². The maximum atomic E-state index is 4.96. The summed E-state index contributed by atoms with van der Waals surface area (Å²) in [4.78, 5) is 8.85. The van der Waals surface area contributed by atoms with Crippen LogP contribution in [0.4, 0.5) is 0 Å². The molecule has 0 fully saturated rings. The zero-order chi connectivity index (χ0) is 36.7. The number of nitrogens with one attached hydrogen (secondary N) is 1. The normalized spacial score (nSPS) is 13.1. The van der Waals surface area contributed by atoms with Gasteiger partial charge in [-0.1, -0.05) is 132 Å². The van der Waals surface area contributed by atoms with E-state index in [9.17, 15) is 0 Å². The van der Waals surface area contributed by atoms with E-state index in [-0.39, 0.29) is 21.7 Å². The largest absolute Gasteiger partial charge is 0.354 e. The number of hydrogen-bond donors (Lipinski definition) is 1. The van der Waals surface area contributed by atoms with Crippen molar-refractivity contribution in [3.63, 3.8) is 0 Å². The van der Waals surface area contributed by atoms with Gasteiger partial charge in [0.15, 0.2) is 0 Å². The van der Waals surface area contributed by atoms with E-state index in [0.29, 0.717) is 0 Å². The van der Waals surface area contributed by atoms with Gasteiger partial charge in [-0.05, 0) is 115 Å². The Balaban J connectivity index is 1.50. The number of benzene rings is 5. The molecule has 2 heterocycles. The molecule has 0 aliphatic carbocycles. The number of fused-ring (bicyclic) bond motifs is 4. The Morgan fingerprint density at radius 1 is 0.431 bits per heavy atom. The zero-order valence-electron chi connectivity index (χ0n) is 32.8. The average Bonchev–Trinajstić information content (AvgIpc) is 3.44. The number of H-pyrrole nitrogens is 1. The number of aromatic amines is 1. The molecule has 0 saturated heterocycles. The first-order valence-electron chi connectivity index (χ1n) is 18.5. The molecule has 0 atom stereocenters. The maximum absolute atomic E-state index is 4.96. The lowest BCUT2D eigenvalue weighted by Gasteiger charge is -2.25. The third-order valence-corrected chi connectivity index (χ3v) is 10.6. The first-order valence-corrected chi connectivity index (χ1v) is 18.5. The summed E-state index contributed by atoms with van der Waals surface area (Å²) in [6.45, 7) is 27.7.